The molecule has 0 aromatic heterocycles. The molecule has 0 spiro atoms. The van der Waals surface area contributed by atoms with Gasteiger partial charge in [-0.1, -0.05) is 12.1 Å². The van der Waals surface area contributed by atoms with E-state index in [0.29, 0.717) is 0 Å². The number of rotatable bonds is 3. The minimum atomic E-state index is -0.215. The zero-order valence-electron chi connectivity index (χ0n) is 7.79. The molecule has 0 saturated heterocycles. The average Bonchev–Trinajstić information content (AvgIpc) is 2.90. The normalized spacial score (nSPS) is 17.8. The fourth-order valence-corrected chi connectivity index (χ4v) is 2.01. The molecule has 0 atom stereocenters. The summed E-state index contributed by atoms with van der Waals surface area (Å²) in [6.07, 6.45) is 2.71. The lowest BCUT2D eigenvalue weighted by molar-refractivity contribution is -0.123. The van der Waals surface area contributed by atoms with Gasteiger partial charge in [-0.25, -0.2) is 0 Å². The molecule has 1 aromatic rings. The predicted molar refractivity (Wildman–Crippen MR) is 63.7 cm³/mol. The van der Waals surface area contributed by atoms with Crippen LogP contribution in [0, 0.1) is 8.99 Å². The van der Waals surface area contributed by atoms with Crippen molar-refractivity contribution in [2.45, 2.75) is 19.3 Å². The fourth-order valence-electron chi connectivity index (χ4n) is 1.65. The highest BCUT2D eigenvalue weighted by atomic mass is 127. The van der Waals surface area contributed by atoms with Crippen LogP contribution in [0.15, 0.2) is 24.3 Å². The maximum absolute atomic E-state index is 11.2. The highest BCUT2D eigenvalue weighted by Crippen LogP contribution is 2.48. The lowest BCUT2D eigenvalue weighted by Crippen LogP contribution is -2.26. The first kappa shape index (κ1) is 9.96. The van der Waals surface area contributed by atoms with Gasteiger partial charge in [0, 0.05) is 3.57 Å². The molecule has 0 unspecified atom stereocenters. The SMILES string of the molecule is NC(=O)C1(Cc2ccc(I)cc2)CC1. The molecule has 1 aliphatic rings. The molecule has 74 valence electrons. The predicted octanol–water partition coefficient (Wildman–Crippen LogP) is 2.10. The molecular weight excluding hydrogens is 289 g/mol. The number of hydrogen-bond acceptors (Lipinski definition) is 1. The second-order valence-electron chi connectivity index (χ2n) is 3.95. The van der Waals surface area contributed by atoms with Gasteiger partial charge in [0.25, 0.3) is 0 Å². The van der Waals surface area contributed by atoms with E-state index >= 15 is 0 Å². The van der Waals surface area contributed by atoms with E-state index in [1.54, 1.807) is 0 Å². The number of primary amides is 1. The van der Waals surface area contributed by atoms with Crippen LogP contribution in [0.3, 0.4) is 0 Å². The zero-order chi connectivity index (χ0) is 10.2. The quantitative estimate of drug-likeness (QED) is 0.854. The molecule has 1 aromatic carbocycles. The van der Waals surface area contributed by atoms with Gasteiger partial charge in [-0.05, 0) is 59.5 Å². The van der Waals surface area contributed by atoms with Crippen molar-refractivity contribution in [3.05, 3.63) is 33.4 Å². The van der Waals surface area contributed by atoms with Gasteiger partial charge in [0.1, 0.15) is 0 Å². The summed E-state index contributed by atoms with van der Waals surface area (Å²) >= 11 is 2.27. The van der Waals surface area contributed by atoms with E-state index in [0.717, 1.165) is 19.3 Å². The van der Waals surface area contributed by atoms with Crippen molar-refractivity contribution in [2.24, 2.45) is 11.1 Å². The van der Waals surface area contributed by atoms with Crippen LogP contribution in [-0.4, -0.2) is 5.91 Å². The van der Waals surface area contributed by atoms with Gasteiger partial charge >= 0.3 is 0 Å². The summed E-state index contributed by atoms with van der Waals surface area (Å²) in [5.74, 6) is -0.143. The van der Waals surface area contributed by atoms with Crippen LogP contribution in [0.1, 0.15) is 18.4 Å². The van der Waals surface area contributed by atoms with Crippen LogP contribution in [0.2, 0.25) is 0 Å². The number of hydrogen-bond donors (Lipinski definition) is 1. The summed E-state index contributed by atoms with van der Waals surface area (Å²) in [6, 6.07) is 8.27. The molecule has 2 rings (SSSR count). The van der Waals surface area contributed by atoms with Crippen LogP contribution in [-0.2, 0) is 11.2 Å². The molecule has 1 fully saturated rings. The van der Waals surface area contributed by atoms with Crippen molar-refractivity contribution < 1.29 is 4.79 Å². The first-order valence-corrected chi connectivity index (χ1v) is 5.75. The van der Waals surface area contributed by atoms with Crippen molar-refractivity contribution >= 4 is 28.5 Å². The molecule has 3 heteroatoms. The lowest BCUT2D eigenvalue weighted by atomic mass is 9.96. The molecule has 1 aliphatic carbocycles. The Labute approximate surface area is 97.0 Å². The maximum atomic E-state index is 11.2. The van der Waals surface area contributed by atoms with E-state index in [9.17, 15) is 4.79 Å². The summed E-state index contributed by atoms with van der Waals surface area (Å²) in [7, 11) is 0. The Morgan fingerprint density at radius 3 is 2.36 bits per heavy atom. The first-order chi connectivity index (χ1) is 6.62. The maximum Gasteiger partial charge on any atom is 0.223 e. The topological polar surface area (TPSA) is 43.1 Å². The monoisotopic (exact) mass is 301 g/mol. The van der Waals surface area contributed by atoms with Crippen molar-refractivity contribution in [1.29, 1.82) is 0 Å². The Kier molecular flexibility index (Phi) is 2.51. The molecule has 2 nitrogen and oxygen atoms in total. The molecular formula is C11H12INO. The van der Waals surface area contributed by atoms with Gasteiger partial charge in [0.05, 0.1) is 5.41 Å². The molecule has 0 heterocycles. The van der Waals surface area contributed by atoms with Crippen LogP contribution < -0.4 is 5.73 Å². The molecule has 1 amide bonds. The summed E-state index contributed by atoms with van der Waals surface area (Å²) < 4.78 is 1.22. The Bertz CT molecular complexity index is 354. The van der Waals surface area contributed by atoms with Gasteiger partial charge < -0.3 is 5.73 Å². The first-order valence-electron chi connectivity index (χ1n) is 4.67. The smallest absolute Gasteiger partial charge is 0.223 e. The number of amides is 1. The highest BCUT2D eigenvalue weighted by molar-refractivity contribution is 14.1. The standard InChI is InChI=1S/C11H12INO/c12-9-3-1-8(2-4-9)7-11(5-6-11)10(13)14/h1-4H,5-7H2,(H2,13,14). The fraction of sp³-hybridized carbons (Fsp3) is 0.364. The van der Waals surface area contributed by atoms with Crippen LogP contribution in [0.25, 0.3) is 0 Å². The molecule has 0 bridgehead atoms. The van der Waals surface area contributed by atoms with Gasteiger partial charge in [0.15, 0.2) is 0 Å². The van der Waals surface area contributed by atoms with Crippen LogP contribution in [0.5, 0.6) is 0 Å². The van der Waals surface area contributed by atoms with E-state index in [-0.39, 0.29) is 11.3 Å². The van der Waals surface area contributed by atoms with Crippen LogP contribution in [0.4, 0.5) is 0 Å². The zero-order valence-corrected chi connectivity index (χ0v) is 9.95. The van der Waals surface area contributed by atoms with Crippen molar-refractivity contribution in [3.8, 4) is 0 Å². The van der Waals surface area contributed by atoms with Gasteiger partial charge in [0.2, 0.25) is 5.91 Å². The second-order valence-corrected chi connectivity index (χ2v) is 5.19. The Balaban J connectivity index is 2.11. The van der Waals surface area contributed by atoms with Gasteiger partial charge in [-0.15, -0.1) is 0 Å². The van der Waals surface area contributed by atoms with E-state index < -0.39 is 0 Å². The minimum Gasteiger partial charge on any atom is -0.369 e. The van der Waals surface area contributed by atoms with Gasteiger partial charge in [-0.2, -0.15) is 0 Å². The van der Waals surface area contributed by atoms with E-state index in [1.807, 2.05) is 0 Å². The van der Waals surface area contributed by atoms with E-state index in [1.165, 1.54) is 9.13 Å². The lowest BCUT2D eigenvalue weighted by Gasteiger charge is -2.10. The highest BCUT2D eigenvalue weighted by Gasteiger charge is 2.48. The third-order valence-electron chi connectivity index (χ3n) is 2.83. The number of halogens is 1. The number of carbonyl (C=O) groups is 1. The third-order valence-corrected chi connectivity index (χ3v) is 3.55. The summed E-state index contributed by atoms with van der Waals surface area (Å²) in [6.45, 7) is 0. The Morgan fingerprint density at radius 1 is 1.36 bits per heavy atom. The minimum absolute atomic E-state index is 0.143. The Morgan fingerprint density at radius 2 is 1.93 bits per heavy atom. The van der Waals surface area contributed by atoms with Crippen molar-refractivity contribution in [1.82, 2.24) is 0 Å². The second kappa shape index (κ2) is 3.53. The van der Waals surface area contributed by atoms with Crippen molar-refractivity contribution in [2.75, 3.05) is 0 Å². The van der Waals surface area contributed by atoms with E-state index in [2.05, 4.69) is 46.9 Å². The summed E-state index contributed by atoms with van der Waals surface area (Å²) in [5, 5.41) is 0. The van der Waals surface area contributed by atoms with E-state index in [4.69, 9.17) is 5.73 Å². The molecule has 1 saturated carbocycles. The largest absolute Gasteiger partial charge is 0.369 e. The average molecular weight is 301 g/mol. The van der Waals surface area contributed by atoms with Gasteiger partial charge in [-0.3, -0.25) is 4.79 Å². The summed E-state index contributed by atoms with van der Waals surface area (Å²) in [5.41, 5.74) is 6.36. The third kappa shape index (κ3) is 1.92. The molecule has 14 heavy (non-hydrogen) atoms. The van der Waals surface area contributed by atoms with Crippen molar-refractivity contribution in [3.63, 3.8) is 0 Å². The Hall–Kier alpha value is -0.580. The van der Waals surface area contributed by atoms with Crippen LogP contribution >= 0.6 is 22.6 Å². The molecule has 0 radical (unpaired) electrons. The molecule has 0 aliphatic heterocycles. The number of benzene rings is 1. The number of carbonyl (C=O) groups excluding carboxylic acids is 1. The number of nitrogens with two attached hydrogens (primary N) is 1. The molecule has 2 N–H and O–H groups in total. The summed E-state index contributed by atoms with van der Waals surface area (Å²) in [4.78, 5) is 11.2.